The van der Waals surface area contributed by atoms with Gasteiger partial charge >= 0.3 is 0 Å². The van der Waals surface area contributed by atoms with Crippen molar-refractivity contribution >= 4 is 64.1 Å². The van der Waals surface area contributed by atoms with E-state index >= 15 is 4.39 Å². The Morgan fingerprint density at radius 1 is 1.00 bits per heavy atom. The number of carbonyl (C=O) groups is 5. The molecule has 1 saturated carbocycles. The van der Waals surface area contributed by atoms with Gasteiger partial charge in [0.2, 0.25) is 17.7 Å². The first kappa shape index (κ1) is 45.8. The number of halogens is 3. The van der Waals surface area contributed by atoms with E-state index in [1.165, 1.54) is 18.1 Å². The van der Waals surface area contributed by atoms with Gasteiger partial charge in [0.25, 0.3) is 11.8 Å². The van der Waals surface area contributed by atoms with E-state index in [0.717, 1.165) is 41.6 Å². The zero-order chi connectivity index (χ0) is 47.9. The second kappa shape index (κ2) is 17.2. The molecule has 0 bridgehead atoms. The molecule has 12 nitrogen and oxygen atoms in total. The molecule has 10 rings (SSSR count). The Kier molecular flexibility index (Phi) is 11.6. The van der Waals surface area contributed by atoms with Crippen LogP contribution < -0.4 is 26.0 Å². The number of imide groups is 1. The highest BCUT2D eigenvalue weighted by Gasteiger charge is 2.62. The van der Waals surface area contributed by atoms with Crippen LogP contribution in [-0.2, 0) is 26.3 Å². The second-order valence-corrected chi connectivity index (χ2v) is 21.4. The van der Waals surface area contributed by atoms with Crippen molar-refractivity contribution in [3.05, 3.63) is 122 Å². The van der Waals surface area contributed by atoms with Gasteiger partial charge in [0, 0.05) is 83.3 Å². The van der Waals surface area contributed by atoms with Crippen molar-refractivity contribution in [3.63, 3.8) is 0 Å². The average Bonchev–Trinajstić information content (AvgIpc) is 3.51. The molecule has 4 fully saturated rings. The summed E-state index contributed by atoms with van der Waals surface area (Å²) in [5, 5.41) is 13.2. The van der Waals surface area contributed by atoms with Gasteiger partial charge < -0.3 is 30.5 Å². The number of piperidine rings is 2. The fourth-order valence-electron chi connectivity index (χ4n) is 11.7. The molecule has 0 radical (unpaired) electrons. The SMILES string of the molecule is COc1cc(C(=O)N2CCC3(CC2)C[C@H]3C#Cc2ccc3c(c2)CN([C@H]2CCC(=O)NC2=O)C3=O)ccc1NC(=O)[C@@H]1N[C@@H](CC(C)(C)C)[C@@]2(CNc3cc(Cl)ccc32)[C@H]1c1cccc(Cl)c1F. The first-order chi connectivity index (χ1) is 32.5. The molecule has 3 saturated heterocycles. The monoisotopic (exact) mass is 958 g/mol. The molecule has 5 heterocycles. The van der Waals surface area contributed by atoms with Gasteiger partial charge in [-0.15, -0.1) is 0 Å². The summed E-state index contributed by atoms with van der Waals surface area (Å²) in [4.78, 5) is 69.4. The van der Waals surface area contributed by atoms with Crippen molar-refractivity contribution in [3.8, 4) is 17.6 Å². The number of fused-ring (bicyclic) bond motifs is 3. The smallest absolute Gasteiger partial charge is 0.255 e. The number of amides is 5. The molecule has 6 aliphatic rings. The Balaban J connectivity index is 0.817. The molecule has 6 atom stereocenters. The summed E-state index contributed by atoms with van der Waals surface area (Å²) in [6.45, 7) is 8.33. The largest absolute Gasteiger partial charge is 0.495 e. The molecule has 0 aromatic heterocycles. The number of hydrogen-bond donors (Lipinski definition) is 4. The van der Waals surface area contributed by atoms with Crippen molar-refractivity contribution in [1.29, 1.82) is 0 Å². The van der Waals surface area contributed by atoms with Crippen molar-refractivity contribution in [2.24, 2.45) is 16.7 Å². The molecule has 352 valence electrons. The summed E-state index contributed by atoms with van der Waals surface area (Å²) in [7, 11) is 1.50. The Bertz CT molecular complexity index is 2860. The molecule has 5 aliphatic heterocycles. The van der Waals surface area contributed by atoms with E-state index in [2.05, 4.69) is 53.9 Å². The van der Waals surface area contributed by atoms with Crippen LogP contribution in [0.5, 0.6) is 5.75 Å². The van der Waals surface area contributed by atoms with Crippen molar-refractivity contribution in [1.82, 2.24) is 20.4 Å². The summed E-state index contributed by atoms with van der Waals surface area (Å²) in [6.07, 6.45) is 3.78. The molecule has 0 unspecified atom stereocenters. The predicted octanol–water partition coefficient (Wildman–Crippen LogP) is 8.06. The molecule has 1 aliphatic carbocycles. The number of likely N-dealkylation sites (tertiary alicyclic amines) is 1. The maximum Gasteiger partial charge on any atom is 0.255 e. The summed E-state index contributed by atoms with van der Waals surface area (Å²) in [5.74, 6) is 4.58. The van der Waals surface area contributed by atoms with Crippen LogP contribution in [0.2, 0.25) is 10.0 Å². The Morgan fingerprint density at radius 2 is 1.79 bits per heavy atom. The third-order valence-corrected chi connectivity index (χ3v) is 15.7. The van der Waals surface area contributed by atoms with Gasteiger partial charge in [-0.05, 0) is 114 Å². The number of ether oxygens (including phenoxy) is 1. The van der Waals surface area contributed by atoms with Crippen LogP contribution in [0.1, 0.15) is 108 Å². The van der Waals surface area contributed by atoms with Crippen LogP contribution in [0.4, 0.5) is 15.8 Å². The molecule has 4 N–H and O–H groups in total. The highest BCUT2D eigenvalue weighted by atomic mass is 35.5. The standard InChI is InChI=1S/C53H53Cl2FN6O6/c1-51(2,3)26-42-53(28-57-39-24-33(54)12-14-36(39)53)44(35-6-5-7-37(55)45(35)56)46(59-42)48(65)58-38-15-10-30(23-41(38)68-4)49(66)61-20-18-52(19-21-61)25-32(52)11-8-29-9-13-34-31(22-29)27-62(50(34)67)40-16-17-43(63)60-47(40)64/h5-7,9-10,12-15,22-24,32,40,42,44,46,57,59H,16-21,25-28H2,1-4H3,(H,58,65)(H,60,63,64)/t32-,40+,42+,44+,46-,53+/m1/s1. The average molecular weight is 960 g/mol. The van der Waals surface area contributed by atoms with Crippen molar-refractivity contribution < 1.29 is 33.1 Å². The maximum absolute atomic E-state index is 16.3. The van der Waals surface area contributed by atoms with Crippen LogP contribution in [0.15, 0.2) is 72.8 Å². The van der Waals surface area contributed by atoms with E-state index in [4.69, 9.17) is 27.9 Å². The number of methoxy groups -OCH3 is 1. The molecule has 68 heavy (non-hydrogen) atoms. The van der Waals surface area contributed by atoms with E-state index in [1.807, 2.05) is 35.2 Å². The lowest BCUT2D eigenvalue weighted by atomic mass is 9.63. The van der Waals surface area contributed by atoms with Gasteiger partial charge in [-0.1, -0.05) is 74.0 Å². The molecule has 4 aromatic rings. The van der Waals surface area contributed by atoms with E-state index < -0.39 is 35.1 Å². The van der Waals surface area contributed by atoms with Gasteiger partial charge in [-0.2, -0.15) is 0 Å². The van der Waals surface area contributed by atoms with Gasteiger partial charge in [0.15, 0.2) is 0 Å². The van der Waals surface area contributed by atoms with Gasteiger partial charge in [0.1, 0.15) is 17.6 Å². The van der Waals surface area contributed by atoms with Crippen molar-refractivity contribution in [2.45, 2.75) is 95.3 Å². The van der Waals surface area contributed by atoms with Gasteiger partial charge in [-0.25, -0.2) is 4.39 Å². The number of nitrogens with one attached hydrogen (secondary N) is 4. The predicted molar refractivity (Wildman–Crippen MR) is 257 cm³/mol. The first-order valence-electron chi connectivity index (χ1n) is 23.3. The third kappa shape index (κ3) is 8.08. The lowest BCUT2D eigenvalue weighted by Crippen LogP contribution is -2.52. The number of nitrogens with zero attached hydrogens (tertiary/aromatic N) is 2. The molecule has 4 aromatic carbocycles. The number of hydrogen-bond acceptors (Lipinski definition) is 8. The topological polar surface area (TPSA) is 149 Å². The van der Waals surface area contributed by atoms with Crippen LogP contribution in [0, 0.1) is 34.4 Å². The van der Waals surface area contributed by atoms with Crippen LogP contribution in [0.25, 0.3) is 0 Å². The normalized spacial score (nSPS) is 25.6. The minimum absolute atomic E-state index is 0.0233. The summed E-state index contributed by atoms with van der Waals surface area (Å²) < 4.78 is 22.1. The molecular formula is C53H53Cl2FN6O6. The lowest BCUT2D eigenvalue weighted by molar-refractivity contribution is -0.137. The lowest BCUT2D eigenvalue weighted by Gasteiger charge is -2.39. The number of rotatable bonds is 7. The fraction of sp³-hybridized carbons (Fsp3) is 0.415. The zero-order valence-electron chi connectivity index (χ0n) is 38.4. The van der Waals surface area contributed by atoms with Crippen LogP contribution in [-0.4, -0.2) is 84.2 Å². The number of benzene rings is 4. The van der Waals surface area contributed by atoms with Crippen LogP contribution >= 0.6 is 23.2 Å². The first-order valence-corrected chi connectivity index (χ1v) is 24.1. The van der Waals surface area contributed by atoms with Crippen LogP contribution in [0.3, 0.4) is 0 Å². The summed E-state index contributed by atoms with van der Waals surface area (Å²) in [6, 6.07) is 19.4. The van der Waals surface area contributed by atoms with E-state index in [-0.39, 0.29) is 57.9 Å². The van der Waals surface area contributed by atoms with Crippen molar-refractivity contribution in [2.75, 3.05) is 37.4 Å². The summed E-state index contributed by atoms with van der Waals surface area (Å²) >= 11 is 12.9. The molecule has 15 heteroatoms. The number of anilines is 2. The third-order valence-electron chi connectivity index (χ3n) is 15.2. The second-order valence-electron chi connectivity index (χ2n) is 20.5. The fourth-order valence-corrected chi connectivity index (χ4v) is 12.0. The Labute approximate surface area is 405 Å². The minimum Gasteiger partial charge on any atom is -0.495 e. The maximum atomic E-state index is 16.3. The van der Waals surface area contributed by atoms with Gasteiger partial charge in [-0.3, -0.25) is 29.3 Å². The molecular weight excluding hydrogens is 907 g/mol. The Hall–Kier alpha value is -5.94. The minimum atomic E-state index is -0.890. The van der Waals surface area contributed by atoms with E-state index in [1.54, 1.807) is 36.4 Å². The highest BCUT2D eigenvalue weighted by molar-refractivity contribution is 6.31. The van der Waals surface area contributed by atoms with E-state index in [0.29, 0.717) is 72.2 Å². The Morgan fingerprint density at radius 3 is 2.54 bits per heavy atom. The zero-order valence-corrected chi connectivity index (χ0v) is 39.9. The summed E-state index contributed by atoms with van der Waals surface area (Å²) in [5.41, 5.74) is 4.26. The van der Waals surface area contributed by atoms with Gasteiger partial charge in [0.05, 0.1) is 23.9 Å². The molecule has 2 spiro atoms. The molecule has 5 amide bonds. The van der Waals surface area contributed by atoms with E-state index in [9.17, 15) is 24.0 Å². The highest BCUT2D eigenvalue weighted by Crippen LogP contribution is 2.59. The number of carbonyl (C=O) groups excluding carboxylic acids is 5. The quantitative estimate of drug-likeness (QED) is 0.108.